The summed E-state index contributed by atoms with van der Waals surface area (Å²) in [5.74, 6) is 2.39. The minimum Gasteiger partial charge on any atom is -0.493 e. The predicted octanol–water partition coefficient (Wildman–Crippen LogP) is 4.46. The summed E-state index contributed by atoms with van der Waals surface area (Å²) in [6, 6.07) is 4.07. The summed E-state index contributed by atoms with van der Waals surface area (Å²) in [6.07, 6.45) is 1.92. The third-order valence-corrected chi connectivity index (χ3v) is 4.23. The number of rotatable bonds is 7. The second kappa shape index (κ2) is 6.87. The normalized spacial score (nSPS) is 12.9. The van der Waals surface area contributed by atoms with Crippen molar-refractivity contribution in [2.45, 2.75) is 39.5 Å². The van der Waals surface area contributed by atoms with Gasteiger partial charge in [0.1, 0.15) is 0 Å². The van der Waals surface area contributed by atoms with Crippen molar-refractivity contribution < 1.29 is 14.2 Å². The van der Waals surface area contributed by atoms with Crippen molar-refractivity contribution in [2.75, 3.05) is 21.3 Å². The van der Waals surface area contributed by atoms with Crippen molar-refractivity contribution in [3.63, 3.8) is 0 Å². The smallest absolute Gasteiger partial charge is 0.203 e. The Hall–Kier alpha value is -1.38. The molecule has 0 bridgehead atoms. The van der Waals surface area contributed by atoms with Gasteiger partial charge < -0.3 is 14.2 Å². The SMILES string of the molecule is [CH2]CC(c1cc(OC)c(OC)c(OC)c1)C(C)(C)CC. The molecule has 0 heterocycles. The summed E-state index contributed by atoms with van der Waals surface area (Å²) < 4.78 is 16.2. The molecular weight excluding hydrogens is 252 g/mol. The summed E-state index contributed by atoms with van der Waals surface area (Å²) in [5.41, 5.74) is 1.35. The molecule has 1 aromatic carbocycles. The van der Waals surface area contributed by atoms with Crippen LogP contribution in [-0.2, 0) is 0 Å². The largest absolute Gasteiger partial charge is 0.493 e. The van der Waals surface area contributed by atoms with E-state index >= 15 is 0 Å². The van der Waals surface area contributed by atoms with Crippen LogP contribution < -0.4 is 14.2 Å². The Morgan fingerprint density at radius 1 is 1.05 bits per heavy atom. The van der Waals surface area contributed by atoms with Gasteiger partial charge in [0.25, 0.3) is 0 Å². The Balaban J connectivity index is 3.37. The second-order valence-electron chi connectivity index (χ2n) is 5.64. The van der Waals surface area contributed by atoms with Crippen LogP contribution in [0.15, 0.2) is 12.1 Å². The Morgan fingerprint density at radius 3 is 1.85 bits per heavy atom. The molecule has 1 unspecified atom stereocenters. The Labute approximate surface area is 123 Å². The van der Waals surface area contributed by atoms with E-state index in [4.69, 9.17) is 14.2 Å². The van der Waals surface area contributed by atoms with E-state index in [2.05, 4.69) is 27.7 Å². The maximum Gasteiger partial charge on any atom is 0.203 e. The van der Waals surface area contributed by atoms with Crippen molar-refractivity contribution >= 4 is 0 Å². The summed E-state index contributed by atoms with van der Waals surface area (Å²) in [7, 11) is 4.91. The van der Waals surface area contributed by atoms with E-state index in [1.54, 1.807) is 21.3 Å². The fourth-order valence-corrected chi connectivity index (χ4v) is 2.56. The molecule has 0 spiro atoms. The van der Waals surface area contributed by atoms with Crippen molar-refractivity contribution in [1.82, 2.24) is 0 Å². The maximum atomic E-state index is 5.43. The fraction of sp³-hybridized carbons (Fsp3) is 0.588. The third kappa shape index (κ3) is 3.20. The van der Waals surface area contributed by atoms with Gasteiger partial charge in [-0.15, -0.1) is 0 Å². The molecule has 0 saturated heterocycles. The van der Waals surface area contributed by atoms with Crippen LogP contribution in [-0.4, -0.2) is 21.3 Å². The highest BCUT2D eigenvalue weighted by Gasteiger charge is 2.29. The molecule has 0 aliphatic carbocycles. The molecule has 1 radical (unpaired) electrons. The van der Waals surface area contributed by atoms with Gasteiger partial charge in [-0.05, 0) is 35.4 Å². The van der Waals surface area contributed by atoms with Crippen LogP contribution in [0.25, 0.3) is 0 Å². The van der Waals surface area contributed by atoms with Gasteiger partial charge in [0.15, 0.2) is 11.5 Å². The van der Waals surface area contributed by atoms with Gasteiger partial charge in [-0.1, -0.05) is 34.1 Å². The van der Waals surface area contributed by atoms with Crippen molar-refractivity contribution in [3.8, 4) is 17.2 Å². The zero-order valence-electron chi connectivity index (χ0n) is 13.6. The predicted molar refractivity (Wildman–Crippen MR) is 82.9 cm³/mol. The molecule has 113 valence electrons. The van der Waals surface area contributed by atoms with Crippen LogP contribution in [0.1, 0.15) is 45.1 Å². The monoisotopic (exact) mass is 279 g/mol. The van der Waals surface area contributed by atoms with E-state index in [0.717, 1.165) is 12.8 Å². The van der Waals surface area contributed by atoms with Gasteiger partial charge in [0, 0.05) is 0 Å². The lowest BCUT2D eigenvalue weighted by Gasteiger charge is -2.33. The van der Waals surface area contributed by atoms with E-state index in [9.17, 15) is 0 Å². The Kier molecular flexibility index (Phi) is 5.73. The zero-order valence-corrected chi connectivity index (χ0v) is 13.6. The number of hydrogen-bond donors (Lipinski definition) is 0. The average molecular weight is 279 g/mol. The van der Waals surface area contributed by atoms with E-state index in [-0.39, 0.29) is 5.41 Å². The number of methoxy groups -OCH3 is 3. The summed E-state index contributed by atoms with van der Waals surface area (Å²) in [6.45, 7) is 10.9. The molecule has 20 heavy (non-hydrogen) atoms. The van der Waals surface area contributed by atoms with Crippen molar-refractivity contribution in [1.29, 1.82) is 0 Å². The molecule has 0 aliphatic heterocycles. The molecule has 1 atom stereocenters. The minimum absolute atomic E-state index is 0.173. The quantitative estimate of drug-likeness (QED) is 0.737. The van der Waals surface area contributed by atoms with Crippen LogP contribution in [0.2, 0.25) is 0 Å². The molecule has 0 N–H and O–H groups in total. The highest BCUT2D eigenvalue weighted by molar-refractivity contribution is 5.54. The van der Waals surface area contributed by atoms with Crippen LogP contribution in [0.4, 0.5) is 0 Å². The highest BCUT2D eigenvalue weighted by atomic mass is 16.5. The second-order valence-corrected chi connectivity index (χ2v) is 5.64. The molecule has 0 saturated carbocycles. The van der Waals surface area contributed by atoms with Crippen LogP contribution in [0.3, 0.4) is 0 Å². The van der Waals surface area contributed by atoms with Crippen molar-refractivity contribution in [2.24, 2.45) is 5.41 Å². The van der Waals surface area contributed by atoms with E-state index < -0.39 is 0 Å². The molecule has 3 nitrogen and oxygen atoms in total. The number of benzene rings is 1. The lowest BCUT2D eigenvalue weighted by Crippen LogP contribution is -2.21. The Morgan fingerprint density at radius 2 is 1.55 bits per heavy atom. The molecule has 0 aliphatic rings. The standard InChI is InChI=1S/C17H27O3/c1-8-13(17(3,4)9-2)12-10-14(18-5)16(20-7)15(11-12)19-6/h10-11,13H,1,8-9H2,2-7H3. The van der Waals surface area contributed by atoms with Crippen molar-refractivity contribution in [3.05, 3.63) is 24.6 Å². The van der Waals surface area contributed by atoms with Gasteiger partial charge in [0.05, 0.1) is 21.3 Å². The first-order valence-electron chi connectivity index (χ1n) is 7.04. The summed E-state index contributed by atoms with van der Waals surface area (Å²) in [5, 5.41) is 0. The first-order chi connectivity index (χ1) is 9.44. The number of ether oxygens (including phenoxy) is 3. The Bertz CT molecular complexity index is 413. The number of hydrogen-bond acceptors (Lipinski definition) is 3. The van der Waals surface area contributed by atoms with Gasteiger partial charge >= 0.3 is 0 Å². The maximum absolute atomic E-state index is 5.43. The first kappa shape index (κ1) is 16.7. The van der Waals surface area contributed by atoms with Crippen LogP contribution in [0.5, 0.6) is 17.2 Å². The molecule has 0 fully saturated rings. The fourth-order valence-electron chi connectivity index (χ4n) is 2.56. The van der Waals surface area contributed by atoms with Crippen LogP contribution >= 0.6 is 0 Å². The van der Waals surface area contributed by atoms with Gasteiger partial charge in [-0.3, -0.25) is 0 Å². The van der Waals surface area contributed by atoms with E-state index in [0.29, 0.717) is 23.2 Å². The van der Waals surface area contributed by atoms with Gasteiger partial charge in [-0.2, -0.15) is 0 Å². The summed E-state index contributed by atoms with van der Waals surface area (Å²) >= 11 is 0. The van der Waals surface area contributed by atoms with Gasteiger partial charge in [-0.25, -0.2) is 0 Å². The van der Waals surface area contributed by atoms with E-state index in [1.807, 2.05) is 12.1 Å². The molecular formula is C17H27O3. The molecule has 1 aromatic rings. The lowest BCUT2D eigenvalue weighted by atomic mass is 9.72. The average Bonchev–Trinajstić information content (AvgIpc) is 2.46. The highest BCUT2D eigenvalue weighted by Crippen LogP contribution is 2.46. The van der Waals surface area contributed by atoms with Gasteiger partial charge in [0.2, 0.25) is 5.75 Å². The molecule has 0 amide bonds. The molecule has 0 aromatic heterocycles. The van der Waals surface area contributed by atoms with Crippen LogP contribution in [0, 0.1) is 12.3 Å². The van der Waals surface area contributed by atoms with E-state index in [1.165, 1.54) is 5.56 Å². The lowest BCUT2D eigenvalue weighted by molar-refractivity contribution is 0.270. The molecule has 3 heteroatoms. The third-order valence-electron chi connectivity index (χ3n) is 4.23. The summed E-state index contributed by atoms with van der Waals surface area (Å²) in [4.78, 5) is 0. The zero-order chi connectivity index (χ0) is 15.3. The first-order valence-corrected chi connectivity index (χ1v) is 7.04. The topological polar surface area (TPSA) is 27.7 Å². The molecule has 1 rings (SSSR count). The minimum atomic E-state index is 0.173.